The second-order valence-electron chi connectivity index (χ2n) is 12.0. The van der Waals surface area contributed by atoms with Gasteiger partial charge in [-0.05, 0) is 78.6 Å². The number of carbonyl (C=O) groups is 2. The molecule has 2 atom stereocenters. The monoisotopic (exact) mass is 678 g/mol. The highest BCUT2D eigenvalue weighted by Gasteiger charge is 2.33. The molecule has 1 aliphatic heterocycles. The van der Waals surface area contributed by atoms with E-state index >= 15 is 0 Å². The Labute approximate surface area is 281 Å². The third-order valence-corrected chi connectivity index (χ3v) is 8.70. The van der Waals surface area contributed by atoms with E-state index in [-0.39, 0.29) is 35.2 Å². The molecular weight excluding hydrogens is 641 g/mol. The smallest absolute Gasteiger partial charge is 0.406 e. The van der Waals surface area contributed by atoms with Crippen LogP contribution in [0.15, 0.2) is 89.7 Å². The van der Waals surface area contributed by atoms with E-state index in [1.807, 2.05) is 43.4 Å². The normalized spacial score (nSPS) is 18.2. The van der Waals surface area contributed by atoms with Gasteiger partial charge >= 0.3 is 12.4 Å². The zero-order valence-electron chi connectivity index (χ0n) is 27.1. The molecule has 0 spiro atoms. The molecule has 2 heterocycles. The third kappa shape index (κ3) is 9.03. The second kappa shape index (κ2) is 15.1. The van der Waals surface area contributed by atoms with Crippen LogP contribution in [0.4, 0.5) is 23.7 Å². The third-order valence-electron chi connectivity index (χ3n) is 7.77. The molecular formula is C35H37F3N6O3S. The summed E-state index contributed by atoms with van der Waals surface area (Å²) in [6.45, 7) is 8.60. The van der Waals surface area contributed by atoms with Crippen LogP contribution in [0, 0.1) is 12.8 Å². The maximum Gasteiger partial charge on any atom is 0.573 e. The Kier molecular flexibility index (Phi) is 10.9. The zero-order chi connectivity index (χ0) is 34.4. The van der Waals surface area contributed by atoms with Crippen molar-refractivity contribution in [2.24, 2.45) is 10.9 Å². The number of allylic oxidation sites excluding steroid dienone is 6. The number of hydrogen-bond donors (Lipinski definition) is 1. The lowest BCUT2D eigenvalue weighted by atomic mass is 9.94. The molecule has 0 saturated carbocycles. The lowest BCUT2D eigenvalue weighted by Crippen LogP contribution is -2.32. The number of ether oxygens (including phenoxy) is 1. The Morgan fingerprint density at radius 1 is 1.19 bits per heavy atom. The fourth-order valence-corrected chi connectivity index (χ4v) is 6.15. The lowest BCUT2D eigenvalue weighted by Gasteiger charge is -2.22. The van der Waals surface area contributed by atoms with Crippen molar-refractivity contribution in [1.29, 1.82) is 0 Å². The Bertz CT molecular complexity index is 1760. The highest BCUT2D eigenvalue weighted by molar-refractivity contribution is 8.15. The van der Waals surface area contributed by atoms with Gasteiger partial charge in [-0.2, -0.15) is 10.1 Å². The molecule has 5 rings (SSSR count). The number of nitrogens with one attached hydrogen (secondary N) is 1. The highest BCUT2D eigenvalue weighted by Crippen LogP contribution is 2.34. The molecule has 13 heteroatoms. The second-order valence-corrected chi connectivity index (χ2v) is 12.9. The number of halogens is 3. The van der Waals surface area contributed by atoms with Crippen LogP contribution in [-0.4, -0.2) is 50.5 Å². The molecule has 2 aromatic carbocycles. The van der Waals surface area contributed by atoms with Crippen LogP contribution < -0.4 is 15.0 Å². The Hall–Kier alpha value is -4.65. The number of aliphatic imine (C=N–C) groups is 1. The Morgan fingerprint density at radius 3 is 2.69 bits per heavy atom. The number of benzene rings is 2. The quantitative estimate of drug-likeness (QED) is 0.233. The molecule has 0 radical (unpaired) electrons. The Balaban J connectivity index is 1.14. The average molecular weight is 679 g/mol. The van der Waals surface area contributed by atoms with Gasteiger partial charge in [-0.3, -0.25) is 9.69 Å². The number of carbonyl (C=O) groups excluding carboxylic acids is 2. The van der Waals surface area contributed by atoms with Gasteiger partial charge in [0.1, 0.15) is 12.1 Å². The van der Waals surface area contributed by atoms with Crippen LogP contribution in [0.5, 0.6) is 5.75 Å². The molecule has 0 bridgehead atoms. The fraction of sp³-hybridized carbons (Fsp3) is 0.343. The predicted octanol–water partition coefficient (Wildman–Crippen LogP) is 8.00. The van der Waals surface area contributed by atoms with E-state index in [9.17, 15) is 22.8 Å². The van der Waals surface area contributed by atoms with Gasteiger partial charge in [0.2, 0.25) is 5.91 Å². The number of rotatable bonds is 10. The van der Waals surface area contributed by atoms with E-state index in [4.69, 9.17) is 0 Å². The number of aryl methyl sites for hydroxylation is 1. The number of thioether (sulfide) groups is 1. The molecule has 1 N–H and O–H groups in total. The summed E-state index contributed by atoms with van der Waals surface area (Å²) in [4.78, 5) is 35.8. The number of aromatic nitrogens is 3. The predicted molar refractivity (Wildman–Crippen MR) is 182 cm³/mol. The number of alkyl halides is 3. The lowest BCUT2D eigenvalue weighted by molar-refractivity contribution is -0.274. The van der Waals surface area contributed by atoms with E-state index in [0.29, 0.717) is 36.1 Å². The van der Waals surface area contributed by atoms with Gasteiger partial charge in [0.05, 0.1) is 17.1 Å². The zero-order valence-corrected chi connectivity index (χ0v) is 27.9. The average Bonchev–Trinajstić information content (AvgIpc) is 3.66. The molecule has 3 amide bonds. The summed E-state index contributed by atoms with van der Waals surface area (Å²) >= 11 is 1.27. The number of urea groups is 1. The van der Waals surface area contributed by atoms with E-state index in [1.54, 1.807) is 4.90 Å². The summed E-state index contributed by atoms with van der Waals surface area (Å²) in [5, 5.41) is 7.78. The van der Waals surface area contributed by atoms with Crippen molar-refractivity contribution in [2.45, 2.75) is 58.7 Å². The first-order valence-electron chi connectivity index (χ1n) is 15.6. The summed E-state index contributed by atoms with van der Waals surface area (Å²) in [6.07, 6.45) is 8.44. The van der Waals surface area contributed by atoms with Crippen LogP contribution in [-0.2, 0) is 4.79 Å². The maximum atomic E-state index is 12.8. The minimum absolute atomic E-state index is 0.0613. The van der Waals surface area contributed by atoms with Crippen molar-refractivity contribution in [3.63, 3.8) is 0 Å². The molecule has 2 unspecified atom stereocenters. The number of amides is 3. The van der Waals surface area contributed by atoms with Crippen molar-refractivity contribution in [2.75, 3.05) is 17.2 Å². The van der Waals surface area contributed by atoms with Crippen molar-refractivity contribution in [3.8, 4) is 11.4 Å². The molecule has 252 valence electrons. The van der Waals surface area contributed by atoms with Crippen molar-refractivity contribution in [1.82, 2.24) is 20.1 Å². The van der Waals surface area contributed by atoms with Crippen LogP contribution in [0.25, 0.3) is 5.69 Å². The van der Waals surface area contributed by atoms with Crippen LogP contribution in [0.1, 0.15) is 62.4 Å². The van der Waals surface area contributed by atoms with Crippen molar-refractivity contribution >= 4 is 34.6 Å². The number of amidine groups is 1. The number of hydrogen-bond acceptors (Lipinski definition) is 6. The first-order valence-corrected chi connectivity index (χ1v) is 16.6. The summed E-state index contributed by atoms with van der Waals surface area (Å²) in [7, 11) is 0. The van der Waals surface area contributed by atoms with Gasteiger partial charge in [-0.1, -0.05) is 75.0 Å². The van der Waals surface area contributed by atoms with Gasteiger partial charge in [-0.25, -0.2) is 14.5 Å². The fourth-order valence-electron chi connectivity index (χ4n) is 5.29. The SMILES string of the molecule is Cc1ccc(C(C)C)c(N2C(=O)CS/C2=N\C(=O)NCCC(C)/C=C/C2=CC(c3ncn(-c4ccc(OC(F)(F)F)cc4)n3)CC=C2)c1. The van der Waals surface area contributed by atoms with Crippen molar-refractivity contribution < 1.29 is 27.5 Å². The molecule has 2 aliphatic rings. The highest BCUT2D eigenvalue weighted by atomic mass is 32.2. The molecule has 3 aromatic rings. The van der Waals surface area contributed by atoms with Crippen LogP contribution >= 0.6 is 11.8 Å². The molecule has 1 fully saturated rings. The van der Waals surface area contributed by atoms with Gasteiger partial charge in [0.15, 0.2) is 11.0 Å². The minimum atomic E-state index is -4.75. The van der Waals surface area contributed by atoms with Crippen LogP contribution in [0.3, 0.4) is 0 Å². The molecule has 1 aliphatic carbocycles. The largest absolute Gasteiger partial charge is 0.573 e. The summed E-state index contributed by atoms with van der Waals surface area (Å²) in [6, 6.07) is 11.0. The van der Waals surface area contributed by atoms with Gasteiger partial charge in [-0.15, -0.1) is 13.2 Å². The molecule has 1 saturated heterocycles. The summed E-state index contributed by atoms with van der Waals surface area (Å²) in [5.74, 6) is 0.739. The van der Waals surface area contributed by atoms with E-state index in [1.165, 1.54) is 47.0 Å². The minimum Gasteiger partial charge on any atom is -0.406 e. The summed E-state index contributed by atoms with van der Waals surface area (Å²) < 4.78 is 42.8. The standard InChI is InChI=1S/C35H37F3N6O3S/c1-22(2)29-15-9-24(4)18-30(29)44-31(45)20-48-34(44)41-33(46)39-17-16-23(3)8-10-25-6-5-7-26(19-25)32-40-21-43(42-32)27-11-13-28(14-12-27)47-35(36,37)38/h5-6,8-15,18-19,21-23,26H,7,16-17,20H2,1-4H3,(H,39,46)/b10-8+,41-34-. The maximum absolute atomic E-state index is 12.8. The van der Waals surface area contributed by atoms with Gasteiger partial charge < -0.3 is 10.1 Å². The summed E-state index contributed by atoms with van der Waals surface area (Å²) in [5.41, 5.74) is 4.38. The van der Waals surface area contributed by atoms with Crippen molar-refractivity contribution in [3.05, 3.63) is 102 Å². The number of anilines is 1. The number of nitrogens with zero attached hydrogens (tertiary/aromatic N) is 5. The van der Waals surface area contributed by atoms with Gasteiger partial charge in [0.25, 0.3) is 0 Å². The first kappa shape index (κ1) is 34.7. The molecule has 1 aromatic heterocycles. The van der Waals surface area contributed by atoms with E-state index in [0.717, 1.165) is 22.4 Å². The first-order chi connectivity index (χ1) is 22.9. The molecule has 9 nitrogen and oxygen atoms in total. The van der Waals surface area contributed by atoms with E-state index in [2.05, 4.69) is 58.1 Å². The van der Waals surface area contributed by atoms with Crippen LogP contribution in [0.2, 0.25) is 0 Å². The van der Waals surface area contributed by atoms with Gasteiger partial charge in [0, 0.05) is 12.5 Å². The molecule has 48 heavy (non-hydrogen) atoms. The Morgan fingerprint density at radius 2 is 1.96 bits per heavy atom. The van der Waals surface area contributed by atoms with E-state index < -0.39 is 12.4 Å². The topological polar surface area (TPSA) is 102 Å².